The smallest absolute Gasteiger partial charge is 0.295 e. The molecule has 2 nitrogen and oxygen atoms in total. The van der Waals surface area contributed by atoms with E-state index in [0.29, 0.717) is 0 Å². The van der Waals surface area contributed by atoms with Crippen molar-refractivity contribution in [3.8, 4) is 44.8 Å². The van der Waals surface area contributed by atoms with Crippen molar-refractivity contribution in [3.63, 3.8) is 0 Å². The SMILES string of the molecule is Cc1ccc(-c2cc3c(-c4ccc([Si](C)(C)C)cc4)cccc3[cH-]2)nc1.Cc1ccc(-c2cc3c(-c4ccc([Si](C)(C)C)cc4)cccc3[cH-]2)nc1.[Zr+2]. The Morgan fingerprint density at radius 1 is 0.453 bits per heavy atom. The molecule has 0 saturated carbocycles. The van der Waals surface area contributed by atoms with Crippen molar-refractivity contribution in [1.82, 2.24) is 9.97 Å². The molecule has 0 N–H and O–H groups in total. The van der Waals surface area contributed by atoms with Gasteiger partial charge in [-0.2, -0.15) is 0 Å². The molecule has 6 aromatic carbocycles. The molecule has 262 valence electrons. The van der Waals surface area contributed by atoms with Gasteiger partial charge >= 0.3 is 26.2 Å². The number of hydrogen-bond acceptors (Lipinski definition) is 2. The van der Waals surface area contributed by atoms with Gasteiger partial charge in [0.2, 0.25) is 0 Å². The molecule has 0 unspecified atom stereocenters. The van der Waals surface area contributed by atoms with Crippen LogP contribution in [0.25, 0.3) is 66.3 Å². The number of nitrogens with zero attached hydrogens (tertiary/aromatic N) is 2. The predicted octanol–water partition coefficient (Wildman–Crippen LogP) is 12.3. The van der Waals surface area contributed by atoms with Gasteiger partial charge in [0, 0.05) is 23.8 Å². The van der Waals surface area contributed by atoms with E-state index in [4.69, 9.17) is 0 Å². The molecule has 0 aliphatic heterocycles. The van der Waals surface area contributed by atoms with Gasteiger partial charge in [-0.1, -0.05) is 158 Å². The van der Waals surface area contributed by atoms with Crippen LogP contribution in [0.3, 0.4) is 0 Å². The van der Waals surface area contributed by atoms with E-state index in [-0.39, 0.29) is 26.2 Å². The van der Waals surface area contributed by atoms with Crippen LogP contribution in [0.2, 0.25) is 39.3 Å². The fourth-order valence-corrected chi connectivity index (χ4v) is 9.18. The molecule has 0 aliphatic carbocycles. The third kappa shape index (κ3) is 8.60. The van der Waals surface area contributed by atoms with Crippen molar-refractivity contribution < 1.29 is 26.2 Å². The van der Waals surface area contributed by atoms with Crippen molar-refractivity contribution in [3.05, 3.63) is 157 Å². The molecular formula is C48H48N2Si2Zr. The molecule has 0 bridgehead atoms. The van der Waals surface area contributed by atoms with Crippen LogP contribution in [-0.2, 0) is 26.2 Å². The van der Waals surface area contributed by atoms with Crippen LogP contribution < -0.4 is 10.4 Å². The molecule has 0 amide bonds. The predicted molar refractivity (Wildman–Crippen MR) is 232 cm³/mol. The van der Waals surface area contributed by atoms with Crippen LogP contribution >= 0.6 is 0 Å². The Balaban J connectivity index is 0.000000178. The molecule has 0 atom stereocenters. The topological polar surface area (TPSA) is 25.8 Å². The first-order valence-electron chi connectivity index (χ1n) is 18.3. The molecule has 2 aromatic heterocycles. The number of aryl methyl sites for hydroxylation is 2. The van der Waals surface area contributed by atoms with E-state index in [9.17, 15) is 0 Å². The Hall–Kier alpha value is -4.28. The first-order chi connectivity index (χ1) is 24.8. The number of rotatable bonds is 6. The zero-order valence-corrected chi connectivity index (χ0v) is 36.7. The Morgan fingerprint density at radius 3 is 1.15 bits per heavy atom. The zero-order valence-electron chi connectivity index (χ0n) is 32.3. The van der Waals surface area contributed by atoms with Crippen molar-refractivity contribution in [2.24, 2.45) is 0 Å². The van der Waals surface area contributed by atoms with Crippen LogP contribution in [0.4, 0.5) is 0 Å². The molecule has 0 saturated heterocycles. The van der Waals surface area contributed by atoms with Gasteiger partial charge in [-0.15, -0.1) is 69.1 Å². The first kappa shape index (κ1) is 38.4. The first-order valence-corrected chi connectivity index (χ1v) is 25.3. The van der Waals surface area contributed by atoms with Gasteiger partial charge < -0.3 is 0 Å². The zero-order chi connectivity index (χ0) is 36.6. The maximum absolute atomic E-state index is 4.59. The quantitative estimate of drug-likeness (QED) is 0.124. The maximum Gasteiger partial charge on any atom is 2.00 e. The van der Waals surface area contributed by atoms with Gasteiger partial charge in [0.25, 0.3) is 0 Å². The molecule has 0 fully saturated rings. The van der Waals surface area contributed by atoms with Crippen LogP contribution in [0, 0.1) is 13.8 Å². The molecule has 2 heterocycles. The number of pyridine rings is 2. The summed E-state index contributed by atoms with van der Waals surface area (Å²) in [6.45, 7) is 18.5. The van der Waals surface area contributed by atoms with E-state index < -0.39 is 16.1 Å². The summed E-state index contributed by atoms with van der Waals surface area (Å²) >= 11 is 0. The summed E-state index contributed by atoms with van der Waals surface area (Å²) < 4.78 is 0. The summed E-state index contributed by atoms with van der Waals surface area (Å²) in [5, 5.41) is 8.14. The van der Waals surface area contributed by atoms with Crippen LogP contribution in [-0.4, -0.2) is 26.1 Å². The van der Waals surface area contributed by atoms with Crippen LogP contribution in [0.5, 0.6) is 0 Å². The summed E-state index contributed by atoms with van der Waals surface area (Å²) in [5.41, 5.74) is 12.0. The van der Waals surface area contributed by atoms with E-state index >= 15 is 0 Å². The Labute approximate surface area is 336 Å². The van der Waals surface area contributed by atoms with Gasteiger partial charge in [-0.3, -0.25) is 9.97 Å². The second kappa shape index (κ2) is 15.6. The minimum absolute atomic E-state index is 0. The Bertz CT molecular complexity index is 2280. The average molecular weight is 800 g/mol. The van der Waals surface area contributed by atoms with Crippen molar-refractivity contribution in [1.29, 1.82) is 0 Å². The molecule has 8 rings (SSSR count). The monoisotopic (exact) mass is 798 g/mol. The molecule has 0 spiro atoms. The normalized spacial score (nSPS) is 11.6. The molecule has 8 aromatic rings. The third-order valence-corrected chi connectivity index (χ3v) is 14.2. The molecule has 5 heteroatoms. The van der Waals surface area contributed by atoms with E-state index in [0.717, 1.165) is 11.4 Å². The second-order valence-corrected chi connectivity index (χ2v) is 26.4. The summed E-state index contributed by atoms with van der Waals surface area (Å²) in [6.07, 6.45) is 3.87. The van der Waals surface area contributed by atoms with E-state index in [1.54, 1.807) is 0 Å². The molecule has 0 aliphatic rings. The summed E-state index contributed by atoms with van der Waals surface area (Å²) in [4.78, 5) is 9.18. The average Bonchev–Trinajstić information content (AvgIpc) is 3.77. The van der Waals surface area contributed by atoms with Crippen LogP contribution in [0.1, 0.15) is 11.1 Å². The number of aromatic nitrogens is 2. The van der Waals surface area contributed by atoms with Crippen molar-refractivity contribution in [2.45, 2.75) is 53.1 Å². The number of fused-ring (bicyclic) bond motifs is 2. The van der Waals surface area contributed by atoms with Gasteiger partial charge in [0.05, 0.1) is 16.1 Å². The van der Waals surface area contributed by atoms with Crippen LogP contribution in [0.15, 0.2) is 146 Å². The molecule has 53 heavy (non-hydrogen) atoms. The van der Waals surface area contributed by atoms with Gasteiger partial charge in [-0.05, 0) is 36.1 Å². The fraction of sp³-hybridized carbons (Fsp3) is 0.167. The Kier molecular flexibility index (Phi) is 11.3. The van der Waals surface area contributed by atoms with E-state index in [1.165, 1.54) is 76.4 Å². The van der Waals surface area contributed by atoms with E-state index in [2.05, 4.69) is 197 Å². The number of hydrogen-bond donors (Lipinski definition) is 0. The van der Waals surface area contributed by atoms with Gasteiger partial charge in [0.1, 0.15) is 0 Å². The Morgan fingerprint density at radius 2 is 0.830 bits per heavy atom. The van der Waals surface area contributed by atoms with Gasteiger partial charge in [-0.25, -0.2) is 0 Å². The summed E-state index contributed by atoms with van der Waals surface area (Å²) in [6, 6.07) is 48.9. The summed E-state index contributed by atoms with van der Waals surface area (Å²) in [7, 11) is -2.53. The molecular weight excluding hydrogens is 752 g/mol. The fourth-order valence-electron chi connectivity index (χ4n) is 6.85. The summed E-state index contributed by atoms with van der Waals surface area (Å²) in [5.74, 6) is 0. The maximum atomic E-state index is 4.59. The third-order valence-electron chi connectivity index (χ3n) is 10.0. The minimum Gasteiger partial charge on any atom is -0.295 e. The van der Waals surface area contributed by atoms with Crippen molar-refractivity contribution in [2.75, 3.05) is 0 Å². The standard InChI is InChI=1S/2C24H24NSi.Zr/c2*1-17-8-13-24(25-16-17)20-14-19-6-5-7-22(23(19)15-20)18-9-11-21(12-10-18)26(2,3)4;/h2*5-16H,1-4H3;/q2*-1;+2. The van der Waals surface area contributed by atoms with E-state index in [1.807, 2.05) is 12.4 Å². The minimum atomic E-state index is -1.26. The van der Waals surface area contributed by atoms with Crippen molar-refractivity contribution >= 4 is 48.1 Å². The second-order valence-electron chi connectivity index (χ2n) is 16.2. The number of benzene rings is 4. The van der Waals surface area contributed by atoms with Gasteiger partial charge in [0.15, 0.2) is 0 Å². The molecule has 0 radical (unpaired) electrons. The largest absolute Gasteiger partial charge is 2.00 e.